The lowest BCUT2D eigenvalue weighted by Gasteiger charge is -2.21. The zero-order chi connectivity index (χ0) is 19.8. The highest BCUT2D eigenvalue weighted by atomic mass is 35.5. The molecule has 0 saturated carbocycles. The minimum absolute atomic E-state index is 0.530. The van der Waals surface area contributed by atoms with Gasteiger partial charge in [-0.25, -0.2) is 4.98 Å². The summed E-state index contributed by atoms with van der Waals surface area (Å²) in [6, 6.07) is 10.0. The molecule has 1 aliphatic heterocycles. The van der Waals surface area contributed by atoms with Gasteiger partial charge in [-0.1, -0.05) is 35.3 Å². The Balaban J connectivity index is 1.50. The van der Waals surface area contributed by atoms with Gasteiger partial charge in [0.1, 0.15) is 5.65 Å². The first kappa shape index (κ1) is 18.7. The Morgan fingerprint density at radius 1 is 1.10 bits per heavy atom. The normalized spacial score (nSPS) is 15.2. The number of aromatic nitrogens is 4. The molecule has 0 amide bonds. The summed E-state index contributed by atoms with van der Waals surface area (Å²) in [5, 5.41) is 10.4. The second kappa shape index (κ2) is 7.82. The van der Waals surface area contributed by atoms with Crippen molar-refractivity contribution < 1.29 is 0 Å². The van der Waals surface area contributed by atoms with Gasteiger partial charge in [-0.3, -0.25) is 4.68 Å². The van der Waals surface area contributed by atoms with Gasteiger partial charge < -0.3 is 10.3 Å². The first-order valence-corrected chi connectivity index (χ1v) is 10.6. The summed E-state index contributed by atoms with van der Waals surface area (Å²) in [6.45, 7) is 2.76. The lowest BCUT2D eigenvalue weighted by Crippen LogP contribution is -2.26. The van der Waals surface area contributed by atoms with Gasteiger partial charge in [-0.15, -0.1) is 0 Å². The van der Waals surface area contributed by atoms with Crippen molar-refractivity contribution in [2.24, 2.45) is 0 Å². The lowest BCUT2D eigenvalue weighted by atomic mass is 9.94. The molecule has 0 spiro atoms. The summed E-state index contributed by atoms with van der Waals surface area (Å²) in [4.78, 5) is 8.04. The Morgan fingerprint density at radius 3 is 2.79 bits per heavy atom. The molecule has 1 aromatic carbocycles. The predicted molar refractivity (Wildman–Crippen MR) is 118 cm³/mol. The van der Waals surface area contributed by atoms with Crippen molar-refractivity contribution in [2.45, 2.75) is 25.3 Å². The summed E-state index contributed by atoms with van der Waals surface area (Å²) in [7, 11) is 0. The van der Waals surface area contributed by atoms with Gasteiger partial charge >= 0.3 is 0 Å². The van der Waals surface area contributed by atoms with Gasteiger partial charge in [0, 0.05) is 45.5 Å². The van der Waals surface area contributed by atoms with Gasteiger partial charge in [-0.2, -0.15) is 5.10 Å². The summed E-state index contributed by atoms with van der Waals surface area (Å²) in [6.07, 6.45) is 7.87. The summed E-state index contributed by atoms with van der Waals surface area (Å²) >= 11 is 12.7. The second-order valence-electron chi connectivity index (χ2n) is 7.55. The van der Waals surface area contributed by atoms with Crippen LogP contribution in [0.1, 0.15) is 30.0 Å². The Hall–Kier alpha value is -2.34. The number of fused-ring (bicyclic) bond motifs is 1. The van der Waals surface area contributed by atoms with Crippen LogP contribution in [-0.4, -0.2) is 32.8 Å². The number of nitrogens with one attached hydrogen (secondary N) is 2. The van der Waals surface area contributed by atoms with Crippen LogP contribution in [-0.2, 0) is 6.54 Å². The maximum absolute atomic E-state index is 6.58. The van der Waals surface area contributed by atoms with Crippen LogP contribution < -0.4 is 5.32 Å². The molecule has 148 valence electrons. The molecule has 0 atom stereocenters. The zero-order valence-corrected chi connectivity index (χ0v) is 17.3. The van der Waals surface area contributed by atoms with Crippen LogP contribution in [0.15, 0.2) is 48.9 Å². The van der Waals surface area contributed by atoms with Crippen LogP contribution in [0, 0.1) is 0 Å². The standard InChI is InChI=1S/C22H21Cl2N5/c23-17-3-1-2-14(8-17)12-29-13-16(10-27-29)21-18-9-20(15-4-6-25-7-5-15)28-22(18)26-11-19(21)24/h1-3,8-11,13,15,25H,4-7,12H2,(H,26,28). The molecule has 4 aromatic rings. The molecular formula is C22H21Cl2N5. The fraction of sp³-hybridized carbons (Fsp3) is 0.273. The predicted octanol–water partition coefficient (Wildman–Crippen LogP) is 5.25. The first-order chi connectivity index (χ1) is 14.2. The van der Waals surface area contributed by atoms with Gasteiger partial charge in [0.05, 0.1) is 17.8 Å². The molecule has 0 radical (unpaired) electrons. The fourth-order valence-electron chi connectivity index (χ4n) is 4.12. The van der Waals surface area contributed by atoms with E-state index in [-0.39, 0.29) is 0 Å². The number of pyridine rings is 1. The van der Waals surface area contributed by atoms with E-state index in [9.17, 15) is 0 Å². The molecule has 5 rings (SSSR count). The number of piperidine rings is 1. The average molecular weight is 426 g/mol. The van der Waals surface area contributed by atoms with Crippen LogP contribution in [0.3, 0.4) is 0 Å². The number of nitrogens with zero attached hydrogens (tertiary/aromatic N) is 3. The average Bonchev–Trinajstić information content (AvgIpc) is 3.36. The number of H-pyrrole nitrogens is 1. The fourth-order valence-corrected chi connectivity index (χ4v) is 4.59. The van der Waals surface area contributed by atoms with E-state index in [4.69, 9.17) is 23.2 Å². The Morgan fingerprint density at radius 2 is 1.97 bits per heavy atom. The number of benzene rings is 1. The van der Waals surface area contributed by atoms with E-state index in [1.165, 1.54) is 5.69 Å². The number of aromatic amines is 1. The first-order valence-electron chi connectivity index (χ1n) is 9.82. The maximum atomic E-state index is 6.58. The van der Waals surface area contributed by atoms with E-state index < -0.39 is 0 Å². The van der Waals surface area contributed by atoms with Crippen LogP contribution in [0.5, 0.6) is 0 Å². The summed E-state index contributed by atoms with van der Waals surface area (Å²) in [5.74, 6) is 0.530. The highest BCUT2D eigenvalue weighted by Gasteiger charge is 2.20. The third-order valence-electron chi connectivity index (χ3n) is 5.57. The van der Waals surface area contributed by atoms with Gasteiger partial charge in [-0.05, 0) is 49.7 Å². The highest BCUT2D eigenvalue weighted by Crippen LogP contribution is 2.36. The molecule has 4 heterocycles. The zero-order valence-electron chi connectivity index (χ0n) is 15.8. The third-order valence-corrected chi connectivity index (χ3v) is 6.09. The molecule has 1 fully saturated rings. The van der Waals surface area contributed by atoms with Crippen molar-refractivity contribution in [3.8, 4) is 11.1 Å². The van der Waals surface area contributed by atoms with E-state index in [0.717, 1.165) is 58.7 Å². The van der Waals surface area contributed by atoms with E-state index in [1.807, 2.05) is 41.3 Å². The molecular weight excluding hydrogens is 405 g/mol. The van der Waals surface area contributed by atoms with E-state index >= 15 is 0 Å². The molecule has 0 unspecified atom stereocenters. The monoisotopic (exact) mass is 425 g/mol. The minimum Gasteiger partial charge on any atom is -0.343 e. The SMILES string of the molecule is Clc1cccc(Cn2cc(-c3c(Cl)cnc4[nH]c(C5CCNCC5)cc34)cn2)c1. The van der Waals surface area contributed by atoms with Crippen LogP contribution >= 0.6 is 23.2 Å². The number of rotatable bonds is 4. The smallest absolute Gasteiger partial charge is 0.138 e. The molecule has 2 N–H and O–H groups in total. The summed E-state index contributed by atoms with van der Waals surface area (Å²) in [5.41, 5.74) is 5.18. The Kier molecular flexibility index (Phi) is 5.04. The molecule has 7 heteroatoms. The van der Waals surface area contributed by atoms with Crippen molar-refractivity contribution >= 4 is 34.2 Å². The number of hydrogen-bond donors (Lipinski definition) is 2. The van der Waals surface area contributed by atoms with Crippen LogP contribution in [0.4, 0.5) is 0 Å². The van der Waals surface area contributed by atoms with Crippen molar-refractivity contribution in [1.29, 1.82) is 0 Å². The van der Waals surface area contributed by atoms with Crippen molar-refractivity contribution in [3.05, 3.63) is 70.2 Å². The van der Waals surface area contributed by atoms with Gasteiger partial charge in [0.25, 0.3) is 0 Å². The van der Waals surface area contributed by atoms with Gasteiger partial charge in [0.15, 0.2) is 0 Å². The molecule has 1 aliphatic rings. The summed E-state index contributed by atoms with van der Waals surface area (Å²) < 4.78 is 1.91. The van der Waals surface area contributed by atoms with Crippen molar-refractivity contribution in [3.63, 3.8) is 0 Å². The van der Waals surface area contributed by atoms with Crippen LogP contribution in [0.2, 0.25) is 10.0 Å². The molecule has 29 heavy (non-hydrogen) atoms. The third kappa shape index (κ3) is 3.78. The maximum Gasteiger partial charge on any atom is 0.138 e. The lowest BCUT2D eigenvalue weighted by molar-refractivity contribution is 0.455. The largest absolute Gasteiger partial charge is 0.343 e. The number of halogens is 2. The van der Waals surface area contributed by atoms with E-state index in [1.54, 1.807) is 6.20 Å². The topological polar surface area (TPSA) is 58.5 Å². The van der Waals surface area contributed by atoms with E-state index in [0.29, 0.717) is 17.5 Å². The highest BCUT2D eigenvalue weighted by molar-refractivity contribution is 6.34. The molecule has 0 bridgehead atoms. The van der Waals surface area contributed by atoms with Crippen LogP contribution in [0.25, 0.3) is 22.2 Å². The Labute approximate surface area is 179 Å². The quantitative estimate of drug-likeness (QED) is 0.469. The second-order valence-corrected chi connectivity index (χ2v) is 8.39. The Bertz CT molecular complexity index is 1160. The molecule has 5 nitrogen and oxygen atoms in total. The van der Waals surface area contributed by atoms with E-state index in [2.05, 4.69) is 26.4 Å². The molecule has 1 saturated heterocycles. The van der Waals surface area contributed by atoms with Gasteiger partial charge in [0.2, 0.25) is 0 Å². The minimum atomic E-state index is 0.530. The van der Waals surface area contributed by atoms with Crippen molar-refractivity contribution in [1.82, 2.24) is 25.1 Å². The molecule has 0 aliphatic carbocycles. The number of hydrogen-bond acceptors (Lipinski definition) is 3. The van der Waals surface area contributed by atoms with Crippen molar-refractivity contribution in [2.75, 3.05) is 13.1 Å². The molecule has 3 aromatic heterocycles.